The maximum atomic E-state index is 13.2. The summed E-state index contributed by atoms with van der Waals surface area (Å²) in [6, 6.07) is 16.8. The van der Waals surface area contributed by atoms with Crippen molar-refractivity contribution in [2.75, 3.05) is 25.7 Å². The number of aryl methyl sites for hydroxylation is 2. The molecule has 2 aliphatic heterocycles. The van der Waals surface area contributed by atoms with Crippen LogP contribution in [-0.4, -0.2) is 65.2 Å². The Balaban J connectivity index is 1.34. The molecule has 6 rings (SSSR count). The van der Waals surface area contributed by atoms with Gasteiger partial charge in [0, 0.05) is 73.1 Å². The van der Waals surface area contributed by atoms with Crippen LogP contribution in [0.25, 0.3) is 18.2 Å². The summed E-state index contributed by atoms with van der Waals surface area (Å²) in [5.41, 5.74) is 12.3. The van der Waals surface area contributed by atoms with Gasteiger partial charge in [-0.15, -0.1) is 23.5 Å². The summed E-state index contributed by atoms with van der Waals surface area (Å²) in [4.78, 5) is 65.1. The van der Waals surface area contributed by atoms with Gasteiger partial charge in [0.05, 0.1) is 19.9 Å². The van der Waals surface area contributed by atoms with Crippen molar-refractivity contribution in [2.24, 2.45) is 4.99 Å². The average molecular weight is 859 g/mol. The van der Waals surface area contributed by atoms with Crippen molar-refractivity contribution in [2.45, 2.75) is 89.9 Å². The Morgan fingerprint density at radius 3 is 1.75 bits per heavy atom. The Morgan fingerprint density at radius 2 is 1.18 bits per heavy atom. The van der Waals surface area contributed by atoms with Crippen molar-refractivity contribution in [3.05, 3.63) is 132 Å². The number of thioether (sulfide) groups is 2. The lowest BCUT2D eigenvalue weighted by Gasteiger charge is -2.04. The molecule has 0 unspecified atom stereocenters. The predicted octanol–water partition coefficient (Wildman–Crippen LogP) is 7.85. The number of hydrogen-bond donors (Lipinski definition) is 3. The van der Waals surface area contributed by atoms with Crippen LogP contribution in [0.5, 0.6) is 0 Å². The van der Waals surface area contributed by atoms with E-state index in [9.17, 15) is 19.2 Å². The molecule has 4 heterocycles. The number of rotatable bonds is 17. The van der Waals surface area contributed by atoms with Crippen molar-refractivity contribution in [1.82, 2.24) is 15.3 Å². The normalized spacial score (nSPS) is 15.4. The number of benzene rings is 2. The fourth-order valence-electron chi connectivity index (χ4n) is 7.51. The van der Waals surface area contributed by atoms with Crippen LogP contribution in [0, 0.1) is 27.7 Å². The molecule has 12 heteroatoms. The Labute approximate surface area is 366 Å². The largest absolute Gasteiger partial charge is 0.469 e. The summed E-state index contributed by atoms with van der Waals surface area (Å²) in [7, 11) is 2.76. The minimum Gasteiger partial charge on any atom is -0.469 e. The van der Waals surface area contributed by atoms with E-state index in [-0.39, 0.29) is 36.6 Å². The second-order valence-electron chi connectivity index (χ2n) is 15.4. The number of H-pyrrole nitrogens is 2. The second-order valence-corrected chi connectivity index (χ2v) is 17.7. The Kier molecular flexibility index (Phi) is 15.0. The van der Waals surface area contributed by atoms with Gasteiger partial charge in [-0.05, 0) is 143 Å². The van der Waals surface area contributed by atoms with Gasteiger partial charge >= 0.3 is 11.9 Å². The van der Waals surface area contributed by atoms with E-state index in [1.807, 2.05) is 45.9 Å². The van der Waals surface area contributed by atoms with Crippen LogP contribution in [0.1, 0.15) is 84.3 Å². The molecule has 318 valence electrons. The van der Waals surface area contributed by atoms with Crippen molar-refractivity contribution < 1.29 is 28.7 Å². The molecule has 61 heavy (non-hydrogen) atoms. The summed E-state index contributed by atoms with van der Waals surface area (Å²) in [5.74, 6) is 0.570. The zero-order valence-corrected chi connectivity index (χ0v) is 37.9. The third-order valence-electron chi connectivity index (χ3n) is 11.4. The minimum atomic E-state index is -0.326. The summed E-state index contributed by atoms with van der Waals surface area (Å²) in [6.07, 6.45) is 8.26. The van der Waals surface area contributed by atoms with Crippen molar-refractivity contribution in [3.63, 3.8) is 0 Å². The molecule has 0 fully saturated rings. The SMILES string of the molecule is COC(=O)CCc1c(C=c2[nH]c(=CC3=NC(=O)C(CCSc4ccc(C)cc4)=C3C)c(C)c2CCC(=O)OC)[nH]c(/C=C2\NC(=O)C(CCSc3ccc(C)cc3)=C2C)c1C. The Hall–Kier alpha value is -5.59. The Bertz CT molecular complexity index is 2610. The molecular weight excluding hydrogens is 805 g/mol. The fourth-order valence-corrected chi connectivity index (χ4v) is 9.25. The number of carbonyl (C=O) groups excluding carboxylic acids is 4. The quantitative estimate of drug-likeness (QED) is 0.0721. The molecule has 0 aliphatic carbocycles. The highest BCUT2D eigenvalue weighted by Gasteiger charge is 2.26. The van der Waals surface area contributed by atoms with Crippen LogP contribution in [0.15, 0.2) is 91.3 Å². The van der Waals surface area contributed by atoms with Gasteiger partial charge in [0.25, 0.3) is 11.8 Å². The number of allylic oxidation sites excluding steroid dienone is 2. The van der Waals surface area contributed by atoms with Gasteiger partial charge in [0.1, 0.15) is 0 Å². The number of esters is 2. The van der Waals surface area contributed by atoms with Crippen LogP contribution < -0.4 is 16.0 Å². The molecule has 0 bridgehead atoms. The van der Waals surface area contributed by atoms with Crippen molar-refractivity contribution in [1.29, 1.82) is 0 Å². The second kappa shape index (κ2) is 20.3. The number of amides is 2. The van der Waals surface area contributed by atoms with Gasteiger partial charge < -0.3 is 24.8 Å². The monoisotopic (exact) mass is 858 g/mol. The van der Waals surface area contributed by atoms with Gasteiger partial charge in [-0.25, -0.2) is 4.99 Å². The number of nitrogens with zero attached hydrogens (tertiary/aromatic N) is 1. The lowest BCUT2D eigenvalue weighted by molar-refractivity contribution is -0.141. The highest BCUT2D eigenvalue weighted by atomic mass is 32.2. The molecule has 2 amide bonds. The van der Waals surface area contributed by atoms with Crippen molar-refractivity contribution in [3.8, 4) is 0 Å². The molecule has 0 radical (unpaired) electrons. The lowest BCUT2D eigenvalue weighted by Crippen LogP contribution is -2.16. The molecule has 4 aromatic rings. The molecule has 0 saturated carbocycles. The first-order chi connectivity index (χ1) is 29.3. The van der Waals surface area contributed by atoms with Gasteiger partial charge in [0.2, 0.25) is 0 Å². The Morgan fingerprint density at radius 1 is 0.623 bits per heavy atom. The van der Waals surface area contributed by atoms with Crippen LogP contribution in [0.4, 0.5) is 0 Å². The van der Waals surface area contributed by atoms with E-state index in [1.54, 1.807) is 23.5 Å². The third-order valence-corrected chi connectivity index (χ3v) is 13.4. The van der Waals surface area contributed by atoms with E-state index < -0.39 is 0 Å². The number of aromatic nitrogens is 2. The third kappa shape index (κ3) is 11.0. The number of hydrogen-bond acceptors (Lipinski definition) is 8. The topological polar surface area (TPSA) is 143 Å². The van der Waals surface area contributed by atoms with E-state index in [0.717, 1.165) is 83.2 Å². The molecule has 2 aromatic heterocycles. The van der Waals surface area contributed by atoms with Gasteiger partial charge in [0.15, 0.2) is 0 Å². The number of methoxy groups -OCH3 is 2. The molecule has 2 aromatic carbocycles. The molecule has 3 N–H and O–H groups in total. The number of nitrogens with one attached hydrogen (secondary N) is 3. The highest BCUT2D eigenvalue weighted by molar-refractivity contribution is 7.99. The minimum absolute atomic E-state index is 0.0945. The van der Waals surface area contributed by atoms with Crippen LogP contribution >= 0.6 is 23.5 Å². The summed E-state index contributed by atoms with van der Waals surface area (Å²) in [6.45, 7) is 12.0. The molecule has 2 aliphatic rings. The first-order valence-electron chi connectivity index (χ1n) is 20.5. The number of aromatic amines is 2. The van der Waals surface area contributed by atoms with E-state index in [1.165, 1.54) is 30.2 Å². The first-order valence-corrected chi connectivity index (χ1v) is 22.4. The number of ether oxygens (including phenoxy) is 2. The standard InChI is InChI=1S/C49H54N4O6S2/c1-28-9-13-34(14-10-28)60-23-21-38-32(5)42(52-48(38)56)25-40-30(3)36(17-19-46(54)58-7)44(50-40)27-45-37(18-20-47(55)59-8)31(4)41(51-45)26-43-33(6)39(49(57)53-43)22-24-61-35-15-11-29(2)12-16-35/h9-16,25-27,50-51H,17-24H2,1-8H3,(H,52,56)/b41-26?,42-25-,45-27?. The zero-order chi connectivity index (χ0) is 43.8. The molecule has 0 saturated heterocycles. The summed E-state index contributed by atoms with van der Waals surface area (Å²) in [5, 5.41) is 4.63. The molecular formula is C49H54N4O6S2. The van der Waals surface area contributed by atoms with Crippen LogP contribution in [-0.2, 0) is 41.5 Å². The molecule has 0 spiro atoms. The van der Waals surface area contributed by atoms with Gasteiger partial charge in [-0.1, -0.05) is 35.4 Å². The van der Waals surface area contributed by atoms with E-state index >= 15 is 0 Å². The zero-order valence-electron chi connectivity index (χ0n) is 36.2. The van der Waals surface area contributed by atoms with E-state index in [0.29, 0.717) is 37.0 Å². The fraction of sp³-hybridized carbons (Fsp3) is 0.327. The van der Waals surface area contributed by atoms with Crippen molar-refractivity contribution >= 4 is 71.2 Å². The smallest absolute Gasteiger partial charge is 0.305 e. The van der Waals surface area contributed by atoms with Crippen LogP contribution in [0.3, 0.4) is 0 Å². The predicted molar refractivity (Wildman–Crippen MR) is 246 cm³/mol. The van der Waals surface area contributed by atoms with Crippen LogP contribution in [0.2, 0.25) is 0 Å². The van der Waals surface area contributed by atoms with E-state index in [2.05, 4.69) is 82.7 Å². The summed E-state index contributed by atoms with van der Waals surface area (Å²) >= 11 is 3.44. The van der Waals surface area contributed by atoms with Gasteiger partial charge in [-0.2, -0.15) is 0 Å². The first kappa shape index (κ1) is 44.9. The molecule has 0 atom stereocenters. The van der Waals surface area contributed by atoms with E-state index in [4.69, 9.17) is 9.47 Å². The maximum Gasteiger partial charge on any atom is 0.305 e. The number of carbonyl (C=O) groups is 4. The number of aliphatic imine (C=N–C) groups is 1. The van der Waals surface area contributed by atoms with Gasteiger partial charge in [-0.3, -0.25) is 19.2 Å². The average Bonchev–Trinajstić information content (AvgIpc) is 3.89. The summed E-state index contributed by atoms with van der Waals surface area (Å²) < 4.78 is 10.0. The highest BCUT2D eigenvalue weighted by Crippen LogP contribution is 2.31. The lowest BCUT2D eigenvalue weighted by atomic mass is 10.0. The maximum absolute atomic E-state index is 13.2. The molecule has 10 nitrogen and oxygen atoms in total.